The third-order valence-electron chi connectivity index (χ3n) is 6.65. The predicted molar refractivity (Wildman–Crippen MR) is 129 cm³/mol. The number of hydrogen-bond acceptors (Lipinski definition) is 4. The maximum atomic E-state index is 13.6. The molecule has 0 aliphatic carbocycles. The molecule has 172 valence electrons. The summed E-state index contributed by atoms with van der Waals surface area (Å²) in [6, 6.07) is 18.5. The Bertz CT molecular complexity index is 1060. The minimum absolute atomic E-state index is 0.0710. The number of piperazine rings is 1. The van der Waals surface area contributed by atoms with Crippen LogP contribution in [0.4, 0.5) is 0 Å². The molecule has 6 nitrogen and oxygen atoms in total. The largest absolute Gasteiger partial charge is 0.377 e. The highest BCUT2D eigenvalue weighted by molar-refractivity contribution is 5.99. The van der Waals surface area contributed by atoms with Crippen LogP contribution in [-0.2, 0) is 11.3 Å². The van der Waals surface area contributed by atoms with Gasteiger partial charge in [0.2, 0.25) is 0 Å². The van der Waals surface area contributed by atoms with Crippen LogP contribution in [-0.4, -0.2) is 70.9 Å². The van der Waals surface area contributed by atoms with E-state index in [9.17, 15) is 4.79 Å². The maximum Gasteiger partial charge on any atom is 0.257 e. The van der Waals surface area contributed by atoms with Gasteiger partial charge in [-0.05, 0) is 25.3 Å². The van der Waals surface area contributed by atoms with Gasteiger partial charge in [0, 0.05) is 51.1 Å². The van der Waals surface area contributed by atoms with Gasteiger partial charge in [0.1, 0.15) is 5.69 Å². The predicted octanol–water partition coefficient (Wildman–Crippen LogP) is 3.84. The summed E-state index contributed by atoms with van der Waals surface area (Å²) >= 11 is 0. The number of benzene rings is 2. The van der Waals surface area contributed by atoms with E-state index >= 15 is 0 Å². The van der Waals surface area contributed by atoms with Gasteiger partial charge < -0.3 is 9.64 Å². The molecule has 2 aliphatic rings. The van der Waals surface area contributed by atoms with Crippen molar-refractivity contribution < 1.29 is 9.53 Å². The van der Waals surface area contributed by atoms with Crippen molar-refractivity contribution in [3.63, 3.8) is 0 Å². The van der Waals surface area contributed by atoms with E-state index in [1.54, 1.807) is 0 Å². The van der Waals surface area contributed by atoms with Gasteiger partial charge in [-0.3, -0.25) is 14.4 Å². The molecule has 3 aromatic rings. The SMILES string of the molecule is Cc1ccc(-c2nn(Cc3ccccc3)cc2C(=O)N2CCN(CC3CCCO3)CC2)cc1. The van der Waals surface area contributed by atoms with Crippen molar-refractivity contribution in [2.24, 2.45) is 0 Å². The number of hydrogen-bond donors (Lipinski definition) is 0. The molecular formula is C27H32N4O2. The van der Waals surface area contributed by atoms with Crippen LogP contribution in [0.15, 0.2) is 60.8 Å². The lowest BCUT2D eigenvalue weighted by molar-refractivity contribution is 0.0433. The number of amides is 1. The van der Waals surface area contributed by atoms with Crippen molar-refractivity contribution in [3.8, 4) is 11.3 Å². The zero-order chi connectivity index (χ0) is 22.6. The quantitative estimate of drug-likeness (QED) is 0.580. The van der Waals surface area contributed by atoms with Gasteiger partial charge in [-0.25, -0.2) is 0 Å². The first-order valence-corrected chi connectivity index (χ1v) is 12.0. The first-order chi connectivity index (χ1) is 16.2. The second kappa shape index (κ2) is 9.89. The smallest absolute Gasteiger partial charge is 0.257 e. The van der Waals surface area contributed by atoms with Gasteiger partial charge >= 0.3 is 0 Å². The van der Waals surface area contributed by atoms with Crippen LogP contribution in [0.1, 0.15) is 34.3 Å². The zero-order valence-electron chi connectivity index (χ0n) is 19.3. The molecule has 1 unspecified atom stereocenters. The summed E-state index contributed by atoms with van der Waals surface area (Å²) in [6.07, 6.45) is 4.59. The normalized spacial score (nSPS) is 19.2. The standard InChI is InChI=1S/C27H32N4O2/c1-21-9-11-23(12-10-21)26-25(20-31(28-26)18-22-6-3-2-4-7-22)27(32)30-15-13-29(14-16-30)19-24-8-5-17-33-24/h2-4,6-7,9-12,20,24H,5,8,13-19H2,1H3. The fourth-order valence-electron chi connectivity index (χ4n) is 4.73. The molecule has 0 N–H and O–H groups in total. The number of aromatic nitrogens is 2. The number of nitrogens with zero attached hydrogens (tertiary/aromatic N) is 4. The van der Waals surface area contributed by atoms with Crippen molar-refractivity contribution in [1.29, 1.82) is 0 Å². The van der Waals surface area contributed by atoms with Gasteiger partial charge in [0.25, 0.3) is 5.91 Å². The molecule has 0 radical (unpaired) electrons. The topological polar surface area (TPSA) is 50.6 Å². The van der Waals surface area contributed by atoms with Crippen molar-refractivity contribution in [2.45, 2.75) is 32.4 Å². The molecule has 3 heterocycles. The second-order valence-corrected chi connectivity index (χ2v) is 9.17. The third kappa shape index (κ3) is 5.18. The zero-order valence-corrected chi connectivity index (χ0v) is 19.3. The van der Waals surface area contributed by atoms with E-state index in [2.05, 4.69) is 48.2 Å². The summed E-state index contributed by atoms with van der Waals surface area (Å²) in [5.41, 5.74) is 4.78. The summed E-state index contributed by atoms with van der Waals surface area (Å²) < 4.78 is 7.69. The van der Waals surface area contributed by atoms with Crippen LogP contribution in [0.5, 0.6) is 0 Å². The van der Waals surface area contributed by atoms with E-state index in [0.29, 0.717) is 18.2 Å². The Hall–Kier alpha value is -2.96. The van der Waals surface area contributed by atoms with Gasteiger partial charge in [-0.15, -0.1) is 0 Å². The molecule has 2 aliphatic heterocycles. The molecule has 2 aromatic carbocycles. The van der Waals surface area contributed by atoms with E-state index in [1.165, 1.54) is 5.56 Å². The average Bonchev–Trinajstić information content (AvgIpc) is 3.50. The Balaban J connectivity index is 1.34. The van der Waals surface area contributed by atoms with Crippen LogP contribution in [0.2, 0.25) is 0 Å². The highest BCUT2D eigenvalue weighted by Crippen LogP contribution is 2.25. The van der Waals surface area contributed by atoms with E-state index in [4.69, 9.17) is 9.84 Å². The molecule has 0 saturated carbocycles. The minimum atomic E-state index is 0.0710. The lowest BCUT2D eigenvalue weighted by Crippen LogP contribution is -2.50. The van der Waals surface area contributed by atoms with Crippen molar-refractivity contribution in [3.05, 3.63) is 77.5 Å². The molecular weight excluding hydrogens is 412 g/mol. The fourth-order valence-corrected chi connectivity index (χ4v) is 4.73. The van der Waals surface area contributed by atoms with E-state index in [0.717, 1.165) is 69.0 Å². The number of carbonyl (C=O) groups excluding carboxylic acids is 1. The second-order valence-electron chi connectivity index (χ2n) is 9.17. The molecule has 1 aromatic heterocycles. The summed E-state index contributed by atoms with van der Waals surface area (Å²) in [6.45, 7) is 7.84. The molecule has 0 bridgehead atoms. The Morgan fingerprint density at radius 2 is 1.79 bits per heavy atom. The highest BCUT2D eigenvalue weighted by atomic mass is 16.5. The lowest BCUT2D eigenvalue weighted by atomic mass is 10.1. The van der Waals surface area contributed by atoms with Gasteiger partial charge in [-0.2, -0.15) is 5.10 Å². The minimum Gasteiger partial charge on any atom is -0.377 e. The maximum absolute atomic E-state index is 13.6. The molecule has 5 rings (SSSR count). The van der Waals surface area contributed by atoms with Crippen LogP contribution < -0.4 is 0 Å². The molecule has 33 heavy (non-hydrogen) atoms. The Labute approximate surface area is 195 Å². The molecule has 0 spiro atoms. The van der Waals surface area contributed by atoms with Gasteiger partial charge in [0.15, 0.2) is 0 Å². The highest BCUT2D eigenvalue weighted by Gasteiger charge is 2.28. The third-order valence-corrected chi connectivity index (χ3v) is 6.65. The van der Waals surface area contributed by atoms with Crippen LogP contribution >= 0.6 is 0 Å². The number of aryl methyl sites for hydroxylation is 1. The monoisotopic (exact) mass is 444 g/mol. The van der Waals surface area contributed by atoms with Gasteiger partial charge in [0.05, 0.1) is 18.2 Å². The summed E-state index contributed by atoms with van der Waals surface area (Å²) in [4.78, 5) is 18.0. The van der Waals surface area contributed by atoms with Crippen LogP contribution in [0.3, 0.4) is 0 Å². The number of carbonyl (C=O) groups is 1. The van der Waals surface area contributed by atoms with Crippen molar-refractivity contribution >= 4 is 5.91 Å². The van der Waals surface area contributed by atoms with E-state index < -0.39 is 0 Å². The Kier molecular flexibility index (Phi) is 6.55. The first-order valence-electron chi connectivity index (χ1n) is 12.0. The molecule has 2 saturated heterocycles. The van der Waals surface area contributed by atoms with Crippen molar-refractivity contribution in [1.82, 2.24) is 19.6 Å². The molecule has 2 fully saturated rings. The first kappa shape index (κ1) is 21.9. The Morgan fingerprint density at radius 3 is 2.48 bits per heavy atom. The van der Waals surface area contributed by atoms with Crippen molar-refractivity contribution in [2.75, 3.05) is 39.3 Å². The molecule has 6 heteroatoms. The molecule has 1 atom stereocenters. The summed E-state index contributed by atoms with van der Waals surface area (Å²) in [7, 11) is 0. The number of ether oxygens (including phenoxy) is 1. The summed E-state index contributed by atoms with van der Waals surface area (Å²) in [5, 5.41) is 4.85. The average molecular weight is 445 g/mol. The number of rotatable bonds is 6. The Morgan fingerprint density at radius 1 is 1.03 bits per heavy atom. The van der Waals surface area contributed by atoms with Gasteiger partial charge in [-0.1, -0.05) is 60.2 Å². The van der Waals surface area contributed by atoms with Crippen LogP contribution in [0.25, 0.3) is 11.3 Å². The van der Waals surface area contributed by atoms with E-state index in [1.807, 2.05) is 34.0 Å². The van der Waals surface area contributed by atoms with Crippen LogP contribution in [0, 0.1) is 6.92 Å². The fraction of sp³-hybridized carbons (Fsp3) is 0.407. The molecule has 1 amide bonds. The summed E-state index contributed by atoms with van der Waals surface area (Å²) in [5.74, 6) is 0.0710. The van der Waals surface area contributed by atoms with E-state index in [-0.39, 0.29) is 5.91 Å². The lowest BCUT2D eigenvalue weighted by Gasteiger charge is -2.35.